The molecule has 0 N–H and O–H groups in total. The minimum absolute atomic E-state index is 0.285. The molecule has 0 aliphatic carbocycles. The van der Waals surface area contributed by atoms with Gasteiger partial charge in [-0.25, -0.2) is 4.79 Å². The van der Waals surface area contributed by atoms with Gasteiger partial charge in [-0.1, -0.05) is 42.5 Å². The minimum atomic E-state index is -0.285. The Morgan fingerprint density at radius 3 is 2.38 bits per heavy atom. The average Bonchev–Trinajstić information content (AvgIpc) is 2.67. The van der Waals surface area contributed by atoms with Crippen LogP contribution in [0.2, 0.25) is 0 Å². The smallest absolute Gasteiger partial charge is 0.410 e. The number of piperazine rings is 1. The predicted molar refractivity (Wildman–Crippen MR) is 91.6 cm³/mol. The van der Waals surface area contributed by atoms with Gasteiger partial charge in [-0.05, 0) is 17.7 Å². The quantitative estimate of drug-likeness (QED) is 0.872. The fourth-order valence-corrected chi connectivity index (χ4v) is 2.78. The maximum atomic E-state index is 12.2. The summed E-state index contributed by atoms with van der Waals surface area (Å²) in [5.74, 6) is 0. The molecule has 0 saturated carbocycles. The maximum Gasteiger partial charge on any atom is 0.410 e. The van der Waals surface area contributed by atoms with E-state index in [1.165, 1.54) is 0 Å². The number of nitriles is 1. The molecule has 1 amide bonds. The Bertz CT molecular complexity index is 732. The number of hydrogen-bond acceptors (Lipinski definition) is 4. The number of nitrogens with zero attached hydrogens (tertiary/aromatic N) is 3. The Balaban J connectivity index is 1.53. The van der Waals surface area contributed by atoms with Gasteiger partial charge in [0.2, 0.25) is 0 Å². The molecule has 1 saturated heterocycles. The van der Waals surface area contributed by atoms with Crippen LogP contribution < -0.4 is 4.90 Å². The number of benzene rings is 2. The van der Waals surface area contributed by atoms with Crippen LogP contribution in [0.1, 0.15) is 11.1 Å². The molecule has 24 heavy (non-hydrogen) atoms. The summed E-state index contributed by atoms with van der Waals surface area (Å²) in [7, 11) is 0. The molecule has 0 bridgehead atoms. The molecule has 0 aromatic heterocycles. The van der Waals surface area contributed by atoms with Crippen molar-refractivity contribution in [3.63, 3.8) is 0 Å². The number of rotatable bonds is 3. The molecule has 2 aromatic rings. The molecule has 0 atom stereocenters. The second-order valence-electron chi connectivity index (χ2n) is 5.64. The van der Waals surface area contributed by atoms with E-state index in [9.17, 15) is 10.1 Å². The number of ether oxygens (including phenoxy) is 1. The second-order valence-corrected chi connectivity index (χ2v) is 5.64. The van der Waals surface area contributed by atoms with Gasteiger partial charge >= 0.3 is 6.09 Å². The van der Waals surface area contributed by atoms with Crippen molar-refractivity contribution in [2.45, 2.75) is 6.61 Å². The third-order valence-electron chi connectivity index (χ3n) is 4.11. The zero-order valence-electron chi connectivity index (χ0n) is 13.4. The highest BCUT2D eigenvalue weighted by Crippen LogP contribution is 2.21. The van der Waals surface area contributed by atoms with Gasteiger partial charge < -0.3 is 14.5 Å². The first-order chi connectivity index (χ1) is 11.8. The lowest BCUT2D eigenvalue weighted by molar-refractivity contribution is 0.0942. The zero-order valence-corrected chi connectivity index (χ0v) is 13.4. The van der Waals surface area contributed by atoms with Gasteiger partial charge in [-0.3, -0.25) is 0 Å². The van der Waals surface area contributed by atoms with Crippen LogP contribution in [-0.2, 0) is 11.3 Å². The summed E-state index contributed by atoms with van der Waals surface area (Å²) in [5, 5.41) is 9.21. The summed E-state index contributed by atoms with van der Waals surface area (Å²) in [4.78, 5) is 16.0. The molecule has 1 aliphatic heterocycles. The Morgan fingerprint density at radius 1 is 1.00 bits per heavy atom. The molecule has 0 spiro atoms. The van der Waals surface area contributed by atoms with Crippen molar-refractivity contribution in [2.24, 2.45) is 0 Å². The largest absolute Gasteiger partial charge is 0.445 e. The van der Waals surface area contributed by atoms with Crippen molar-refractivity contribution in [1.82, 2.24) is 4.90 Å². The van der Waals surface area contributed by atoms with Gasteiger partial charge in [0.05, 0.1) is 11.3 Å². The topological polar surface area (TPSA) is 56.6 Å². The Labute approximate surface area is 141 Å². The van der Waals surface area contributed by atoms with Crippen LogP contribution in [0.4, 0.5) is 10.5 Å². The van der Waals surface area contributed by atoms with Crippen LogP contribution >= 0.6 is 0 Å². The third-order valence-corrected chi connectivity index (χ3v) is 4.11. The highest BCUT2D eigenvalue weighted by molar-refractivity contribution is 5.68. The second kappa shape index (κ2) is 7.51. The number of amides is 1. The zero-order chi connectivity index (χ0) is 16.8. The van der Waals surface area contributed by atoms with E-state index in [-0.39, 0.29) is 12.7 Å². The monoisotopic (exact) mass is 321 g/mol. The van der Waals surface area contributed by atoms with Crippen LogP contribution in [-0.4, -0.2) is 37.2 Å². The van der Waals surface area contributed by atoms with Crippen LogP contribution in [0.15, 0.2) is 54.6 Å². The van der Waals surface area contributed by atoms with Crippen molar-refractivity contribution in [3.8, 4) is 6.07 Å². The van der Waals surface area contributed by atoms with Crippen LogP contribution in [0, 0.1) is 11.3 Å². The normalized spacial score (nSPS) is 14.1. The van der Waals surface area contributed by atoms with Gasteiger partial charge in [0.15, 0.2) is 0 Å². The standard InChI is InChI=1S/C19H19N3O2/c20-14-17-8-4-5-9-18(17)21-10-12-22(13-11-21)19(23)24-15-16-6-2-1-3-7-16/h1-9H,10-13,15H2. The maximum absolute atomic E-state index is 12.2. The molecule has 2 aromatic carbocycles. The van der Waals surface area contributed by atoms with E-state index in [1.807, 2.05) is 54.6 Å². The summed E-state index contributed by atoms with van der Waals surface area (Å²) in [6.07, 6.45) is -0.285. The van der Waals surface area contributed by atoms with E-state index in [1.54, 1.807) is 4.90 Å². The molecule has 5 heteroatoms. The number of hydrogen-bond donors (Lipinski definition) is 0. The lowest BCUT2D eigenvalue weighted by atomic mass is 10.1. The van der Waals surface area contributed by atoms with E-state index in [4.69, 9.17) is 4.74 Å². The van der Waals surface area contributed by atoms with E-state index in [0.29, 0.717) is 31.7 Å². The highest BCUT2D eigenvalue weighted by atomic mass is 16.6. The molecular weight excluding hydrogens is 302 g/mol. The summed E-state index contributed by atoms with van der Waals surface area (Å²) in [6.45, 7) is 2.86. The third kappa shape index (κ3) is 3.66. The number of carbonyl (C=O) groups is 1. The van der Waals surface area contributed by atoms with Crippen LogP contribution in [0.5, 0.6) is 0 Å². The first-order valence-electron chi connectivity index (χ1n) is 7.97. The van der Waals surface area contributed by atoms with E-state index in [2.05, 4.69) is 11.0 Å². The van der Waals surface area contributed by atoms with E-state index >= 15 is 0 Å². The van der Waals surface area contributed by atoms with Gasteiger partial charge in [-0.2, -0.15) is 5.26 Å². The van der Waals surface area contributed by atoms with Crippen molar-refractivity contribution in [2.75, 3.05) is 31.1 Å². The Morgan fingerprint density at radius 2 is 1.67 bits per heavy atom. The van der Waals surface area contributed by atoms with Crippen molar-refractivity contribution in [3.05, 3.63) is 65.7 Å². The molecule has 1 aliphatic rings. The van der Waals surface area contributed by atoms with Gasteiger partial charge in [-0.15, -0.1) is 0 Å². The van der Waals surface area contributed by atoms with Crippen LogP contribution in [0.3, 0.4) is 0 Å². The van der Waals surface area contributed by atoms with Gasteiger partial charge in [0.25, 0.3) is 0 Å². The van der Waals surface area contributed by atoms with Crippen molar-refractivity contribution in [1.29, 1.82) is 5.26 Å². The summed E-state index contributed by atoms with van der Waals surface area (Å²) in [5.41, 5.74) is 2.57. The highest BCUT2D eigenvalue weighted by Gasteiger charge is 2.23. The molecule has 1 fully saturated rings. The Hall–Kier alpha value is -3.00. The minimum Gasteiger partial charge on any atom is -0.445 e. The van der Waals surface area contributed by atoms with E-state index in [0.717, 1.165) is 11.3 Å². The summed E-state index contributed by atoms with van der Waals surface area (Å²) < 4.78 is 5.37. The molecular formula is C19H19N3O2. The molecule has 0 unspecified atom stereocenters. The number of anilines is 1. The molecule has 5 nitrogen and oxygen atoms in total. The van der Waals surface area contributed by atoms with E-state index < -0.39 is 0 Å². The summed E-state index contributed by atoms with van der Waals surface area (Å²) in [6, 6.07) is 19.4. The first kappa shape index (κ1) is 15.9. The average molecular weight is 321 g/mol. The summed E-state index contributed by atoms with van der Waals surface area (Å²) >= 11 is 0. The first-order valence-corrected chi connectivity index (χ1v) is 7.97. The van der Waals surface area contributed by atoms with Crippen LogP contribution in [0.25, 0.3) is 0 Å². The SMILES string of the molecule is N#Cc1ccccc1N1CCN(C(=O)OCc2ccccc2)CC1. The van der Waals surface area contributed by atoms with Crippen molar-refractivity contribution >= 4 is 11.8 Å². The van der Waals surface area contributed by atoms with Crippen molar-refractivity contribution < 1.29 is 9.53 Å². The number of carbonyl (C=O) groups excluding carboxylic acids is 1. The molecule has 3 rings (SSSR count). The Kier molecular flexibility index (Phi) is 4.97. The fourth-order valence-electron chi connectivity index (χ4n) is 2.78. The molecule has 1 heterocycles. The number of para-hydroxylation sites is 1. The van der Waals surface area contributed by atoms with Gasteiger partial charge in [0, 0.05) is 26.2 Å². The molecule has 122 valence electrons. The molecule has 0 radical (unpaired) electrons. The fraction of sp³-hybridized carbons (Fsp3) is 0.263. The van der Waals surface area contributed by atoms with Gasteiger partial charge in [0.1, 0.15) is 12.7 Å². The predicted octanol–water partition coefficient (Wildman–Crippen LogP) is 3.02. The lowest BCUT2D eigenvalue weighted by Gasteiger charge is -2.35. The lowest BCUT2D eigenvalue weighted by Crippen LogP contribution is -2.49.